The van der Waals surface area contributed by atoms with Gasteiger partial charge in [-0.2, -0.15) is 0 Å². The quantitative estimate of drug-likeness (QED) is 0.480. The van der Waals surface area contributed by atoms with E-state index in [-0.39, 0.29) is 17.3 Å². The van der Waals surface area contributed by atoms with E-state index in [0.29, 0.717) is 31.9 Å². The minimum Gasteiger partial charge on any atom is -0.495 e. The average molecular weight is 508 g/mol. The summed E-state index contributed by atoms with van der Waals surface area (Å²) < 4.78 is 34.3. The molecule has 3 aromatic rings. The van der Waals surface area contributed by atoms with E-state index in [9.17, 15) is 13.2 Å². The van der Waals surface area contributed by atoms with Gasteiger partial charge in [0.05, 0.1) is 23.4 Å². The number of nitrogens with zero attached hydrogens (tertiary/aromatic N) is 3. The number of anilines is 2. The Morgan fingerprint density at radius 1 is 0.889 bits per heavy atom. The number of hydrogen-bond donors (Lipinski definition) is 0. The van der Waals surface area contributed by atoms with E-state index >= 15 is 0 Å². The van der Waals surface area contributed by atoms with Crippen molar-refractivity contribution in [1.29, 1.82) is 0 Å². The summed E-state index contributed by atoms with van der Waals surface area (Å²) in [4.78, 5) is 17.6. The molecule has 0 bridgehead atoms. The molecule has 1 heterocycles. The van der Waals surface area contributed by atoms with E-state index in [2.05, 4.69) is 4.90 Å². The first-order chi connectivity index (χ1) is 17.2. The van der Waals surface area contributed by atoms with Crippen molar-refractivity contribution in [3.8, 4) is 5.75 Å². The van der Waals surface area contributed by atoms with Gasteiger partial charge in [0.2, 0.25) is 5.91 Å². The Labute approximate surface area is 214 Å². The van der Waals surface area contributed by atoms with Crippen molar-refractivity contribution in [1.82, 2.24) is 4.90 Å². The molecular weight excluding hydrogens is 474 g/mol. The molecule has 190 valence electrons. The molecule has 8 heteroatoms. The molecule has 3 aromatic carbocycles. The second kappa shape index (κ2) is 10.6. The molecule has 0 atom stereocenters. The first kappa shape index (κ1) is 25.6. The van der Waals surface area contributed by atoms with E-state index in [1.54, 1.807) is 36.3 Å². The van der Waals surface area contributed by atoms with Crippen molar-refractivity contribution in [2.24, 2.45) is 0 Å². The zero-order valence-corrected chi connectivity index (χ0v) is 22.1. The van der Waals surface area contributed by atoms with Crippen LogP contribution >= 0.6 is 0 Å². The van der Waals surface area contributed by atoms with E-state index in [0.717, 1.165) is 28.1 Å². The monoisotopic (exact) mass is 507 g/mol. The topological polar surface area (TPSA) is 70.2 Å². The summed E-state index contributed by atoms with van der Waals surface area (Å²) >= 11 is 0. The molecule has 0 spiro atoms. The van der Waals surface area contributed by atoms with Crippen molar-refractivity contribution in [3.05, 3.63) is 83.4 Å². The number of piperazine rings is 1. The zero-order chi connectivity index (χ0) is 25.9. The second-order valence-corrected chi connectivity index (χ2v) is 11.0. The standard InChI is InChI=1S/C28H33N3O4S/c1-21-10-13-24(14-11-21)36(33,34)31(26-19-22(2)9-12-23(26)3)20-28(32)30-17-15-29(16-18-30)25-7-5-6-8-27(25)35-4/h5-14,19H,15-18,20H2,1-4H3. The number of aryl methyl sites for hydroxylation is 3. The van der Waals surface area contributed by atoms with Gasteiger partial charge in [0, 0.05) is 26.2 Å². The molecule has 0 radical (unpaired) electrons. The van der Waals surface area contributed by atoms with E-state index in [4.69, 9.17) is 4.74 Å². The van der Waals surface area contributed by atoms with Crippen LogP contribution < -0.4 is 13.9 Å². The fraction of sp³-hybridized carbons (Fsp3) is 0.321. The summed E-state index contributed by atoms with van der Waals surface area (Å²) in [6, 6.07) is 20.2. The third-order valence-corrected chi connectivity index (χ3v) is 8.35. The highest BCUT2D eigenvalue weighted by molar-refractivity contribution is 7.92. The fourth-order valence-corrected chi connectivity index (χ4v) is 5.91. The highest BCUT2D eigenvalue weighted by Gasteiger charge is 2.31. The summed E-state index contributed by atoms with van der Waals surface area (Å²) in [6.45, 7) is 7.72. The minimum absolute atomic E-state index is 0.169. The van der Waals surface area contributed by atoms with Gasteiger partial charge in [-0.3, -0.25) is 9.10 Å². The Kier molecular flexibility index (Phi) is 7.54. The van der Waals surface area contributed by atoms with Crippen LogP contribution in [0.3, 0.4) is 0 Å². The van der Waals surface area contributed by atoms with Crippen molar-refractivity contribution < 1.29 is 17.9 Å². The van der Waals surface area contributed by atoms with Gasteiger partial charge < -0.3 is 14.5 Å². The van der Waals surface area contributed by atoms with E-state index < -0.39 is 10.0 Å². The smallest absolute Gasteiger partial charge is 0.264 e. The highest BCUT2D eigenvalue weighted by atomic mass is 32.2. The van der Waals surface area contributed by atoms with Crippen LogP contribution in [0, 0.1) is 20.8 Å². The van der Waals surface area contributed by atoms with Crippen molar-refractivity contribution in [3.63, 3.8) is 0 Å². The summed E-state index contributed by atoms with van der Waals surface area (Å²) in [5.74, 6) is 0.578. The number of hydrogen-bond acceptors (Lipinski definition) is 5. The molecular formula is C28H33N3O4S. The average Bonchev–Trinajstić information content (AvgIpc) is 2.89. The Morgan fingerprint density at radius 2 is 1.53 bits per heavy atom. The zero-order valence-electron chi connectivity index (χ0n) is 21.3. The lowest BCUT2D eigenvalue weighted by molar-refractivity contribution is -0.129. The molecule has 0 saturated carbocycles. The van der Waals surface area contributed by atoms with Gasteiger partial charge in [-0.15, -0.1) is 0 Å². The van der Waals surface area contributed by atoms with Crippen molar-refractivity contribution >= 4 is 27.3 Å². The summed E-state index contributed by atoms with van der Waals surface area (Å²) in [5, 5.41) is 0. The molecule has 0 aromatic heterocycles. The summed E-state index contributed by atoms with van der Waals surface area (Å²) in [5.41, 5.74) is 4.21. The predicted octanol–water partition coefficient (Wildman–Crippen LogP) is 4.16. The van der Waals surface area contributed by atoms with Gasteiger partial charge in [-0.1, -0.05) is 42.0 Å². The maximum Gasteiger partial charge on any atom is 0.264 e. The first-order valence-corrected chi connectivity index (χ1v) is 13.5. The number of rotatable bonds is 7. The molecule has 1 saturated heterocycles. The molecule has 0 N–H and O–H groups in total. The van der Waals surface area contributed by atoms with Crippen LogP contribution in [0.5, 0.6) is 5.75 Å². The number of sulfonamides is 1. The molecule has 1 amide bonds. The number of benzene rings is 3. The predicted molar refractivity (Wildman–Crippen MR) is 143 cm³/mol. The lowest BCUT2D eigenvalue weighted by Gasteiger charge is -2.37. The molecule has 4 rings (SSSR count). The van der Waals surface area contributed by atoms with Crippen LogP contribution in [0.4, 0.5) is 11.4 Å². The van der Waals surface area contributed by atoms with Crippen LogP contribution in [0.1, 0.15) is 16.7 Å². The molecule has 1 aliphatic heterocycles. The van der Waals surface area contributed by atoms with Gasteiger partial charge in [0.1, 0.15) is 12.3 Å². The SMILES string of the molecule is COc1ccccc1N1CCN(C(=O)CN(c2cc(C)ccc2C)S(=O)(=O)c2ccc(C)cc2)CC1. The van der Waals surface area contributed by atoms with Gasteiger partial charge in [-0.25, -0.2) is 8.42 Å². The van der Waals surface area contributed by atoms with Gasteiger partial charge in [-0.05, 0) is 62.2 Å². The van der Waals surface area contributed by atoms with Crippen LogP contribution in [0.2, 0.25) is 0 Å². The van der Waals surface area contributed by atoms with E-state index in [1.807, 2.05) is 63.2 Å². The molecule has 0 unspecified atom stereocenters. The minimum atomic E-state index is -3.95. The van der Waals surface area contributed by atoms with Gasteiger partial charge in [0.25, 0.3) is 10.0 Å². The van der Waals surface area contributed by atoms with Gasteiger partial charge in [0.15, 0.2) is 0 Å². The number of carbonyl (C=O) groups is 1. The van der Waals surface area contributed by atoms with Crippen molar-refractivity contribution in [2.45, 2.75) is 25.7 Å². The Balaban J connectivity index is 1.57. The molecule has 0 aliphatic carbocycles. The Morgan fingerprint density at radius 3 is 2.19 bits per heavy atom. The summed E-state index contributed by atoms with van der Waals surface area (Å²) in [7, 11) is -2.30. The third kappa shape index (κ3) is 5.33. The first-order valence-electron chi connectivity index (χ1n) is 12.0. The number of methoxy groups -OCH3 is 1. The lowest BCUT2D eigenvalue weighted by Crippen LogP contribution is -2.52. The maximum atomic E-state index is 13.8. The van der Waals surface area contributed by atoms with E-state index in [1.165, 1.54) is 4.31 Å². The number of para-hydroxylation sites is 2. The number of ether oxygens (including phenoxy) is 1. The molecule has 7 nitrogen and oxygen atoms in total. The van der Waals surface area contributed by atoms with Crippen LogP contribution in [-0.4, -0.2) is 59.1 Å². The van der Waals surface area contributed by atoms with Crippen LogP contribution in [0.25, 0.3) is 0 Å². The Hall–Kier alpha value is -3.52. The highest BCUT2D eigenvalue weighted by Crippen LogP contribution is 2.30. The largest absolute Gasteiger partial charge is 0.495 e. The summed E-state index contributed by atoms with van der Waals surface area (Å²) in [6.07, 6.45) is 0. The van der Waals surface area contributed by atoms with Crippen molar-refractivity contribution in [2.75, 3.05) is 49.0 Å². The number of amides is 1. The maximum absolute atomic E-state index is 13.8. The normalized spacial score (nSPS) is 14.0. The van der Waals surface area contributed by atoms with Crippen LogP contribution in [-0.2, 0) is 14.8 Å². The fourth-order valence-electron chi connectivity index (χ4n) is 4.44. The Bertz CT molecular complexity index is 1330. The second-order valence-electron chi connectivity index (χ2n) is 9.15. The van der Waals surface area contributed by atoms with Crippen LogP contribution in [0.15, 0.2) is 71.6 Å². The molecule has 1 aliphatic rings. The lowest BCUT2D eigenvalue weighted by atomic mass is 10.1. The third-order valence-electron chi connectivity index (χ3n) is 6.58. The number of carbonyl (C=O) groups excluding carboxylic acids is 1. The van der Waals surface area contributed by atoms with Gasteiger partial charge >= 0.3 is 0 Å². The molecule has 1 fully saturated rings. The molecule has 36 heavy (non-hydrogen) atoms.